The number of methoxy groups -OCH3 is 2. The molecule has 0 saturated heterocycles. The third-order valence-electron chi connectivity index (χ3n) is 4.70. The number of nitriles is 1. The van der Waals surface area contributed by atoms with E-state index in [1.807, 2.05) is 50.0 Å². The Bertz CT molecular complexity index is 1100. The Kier molecular flexibility index (Phi) is 9.51. The number of halogens is 6. The summed E-state index contributed by atoms with van der Waals surface area (Å²) < 4.78 is 72.3. The van der Waals surface area contributed by atoms with Crippen LogP contribution in [0.2, 0.25) is 0 Å². The second-order valence-electron chi connectivity index (χ2n) is 7.70. The second-order valence-corrected chi connectivity index (χ2v) is 9.62. The molecule has 1 aliphatic carbocycles. The molecule has 0 unspecified atom stereocenters. The van der Waals surface area contributed by atoms with Gasteiger partial charge in [0.2, 0.25) is 5.71 Å². The van der Waals surface area contributed by atoms with Gasteiger partial charge in [-0.15, -0.1) is 0 Å². The molecule has 7 nitrogen and oxygen atoms in total. The predicted molar refractivity (Wildman–Crippen MR) is 124 cm³/mol. The molecule has 3 N–H and O–H groups in total. The Labute approximate surface area is 204 Å². The first-order valence-corrected chi connectivity index (χ1v) is 12.2. The van der Waals surface area contributed by atoms with Gasteiger partial charge in [-0.2, -0.15) is 5.26 Å². The monoisotopic (exact) mass is 543 g/mol. The van der Waals surface area contributed by atoms with Crippen LogP contribution in [0.1, 0.15) is 22.3 Å². The van der Waals surface area contributed by atoms with Crippen LogP contribution in [0.25, 0.3) is 5.57 Å². The first-order chi connectivity index (χ1) is 16.4. The van der Waals surface area contributed by atoms with E-state index in [1.165, 1.54) is 14.2 Å². The summed E-state index contributed by atoms with van der Waals surface area (Å²) in [6.07, 6.45) is 3.64. The van der Waals surface area contributed by atoms with E-state index in [-0.39, 0.29) is 18.8 Å². The number of hydrogen-bond acceptors (Lipinski definition) is 6. The molecule has 2 rings (SSSR count). The van der Waals surface area contributed by atoms with Gasteiger partial charge in [0.15, 0.2) is 0 Å². The molecule has 1 aliphatic rings. The molecule has 0 fully saturated rings. The normalized spacial score (nSPS) is 15.3. The van der Waals surface area contributed by atoms with Gasteiger partial charge in [-0.3, -0.25) is 0 Å². The quantitative estimate of drug-likeness (QED) is 0.197. The van der Waals surface area contributed by atoms with Crippen molar-refractivity contribution in [2.24, 2.45) is 0 Å². The third-order valence-corrected chi connectivity index (χ3v) is 4.70. The van der Waals surface area contributed by atoms with Gasteiger partial charge in [-0.25, -0.2) is 4.58 Å². The molecular weight excluding hydrogens is 515 g/mol. The Hall–Kier alpha value is -2.91. The zero-order valence-corrected chi connectivity index (χ0v) is 21.1. The zero-order valence-electron chi connectivity index (χ0n) is 20.3. The van der Waals surface area contributed by atoms with E-state index in [4.69, 9.17) is 9.47 Å². The number of nitrogens with one attached hydrogen (secondary N) is 1. The molecule has 0 aliphatic heterocycles. The molecule has 1 aromatic rings. The fraction of sp³-hybridized carbons (Fsp3) is 0.364. The summed E-state index contributed by atoms with van der Waals surface area (Å²) in [5.41, 5.74) is 4.12. The van der Waals surface area contributed by atoms with Crippen LogP contribution in [0.4, 0.5) is 25.2 Å². The minimum atomic E-state index is -10.7. The van der Waals surface area contributed by atoms with Crippen molar-refractivity contribution < 1.29 is 49.4 Å². The van der Waals surface area contributed by atoms with Gasteiger partial charge >= 0.3 is 33.0 Å². The number of benzene rings is 1. The number of ether oxygens (including phenoxy) is 2. The third kappa shape index (κ3) is 9.62. The molecule has 0 amide bonds. The van der Waals surface area contributed by atoms with Gasteiger partial charge < -0.3 is 25.0 Å². The van der Waals surface area contributed by atoms with Crippen LogP contribution >= 0.6 is 7.81 Å². The van der Waals surface area contributed by atoms with Crippen LogP contribution in [0, 0.1) is 11.3 Å². The molecular formula is C22H28F6N3O4P. The van der Waals surface area contributed by atoms with Crippen molar-refractivity contribution >= 4 is 19.1 Å². The molecule has 0 heterocycles. The first-order valence-electron chi connectivity index (χ1n) is 10.2. The molecule has 0 saturated carbocycles. The summed E-state index contributed by atoms with van der Waals surface area (Å²) in [6, 6.07) is 5.90. The van der Waals surface area contributed by atoms with E-state index in [1.54, 1.807) is 0 Å². The number of allylic oxidation sites excluding steroid dienone is 3. The maximum absolute atomic E-state index is 10.7. The Morgan fingerprint density at radius 2 is 1.39 bits per heavy atom. The molecule has 14 heteroatoms. The van der Waals surface area contributed by atoms with Crippen LogP contribution in [-0.4, -0.2) is 55.9 Å². The molecule has 0 aromatic heterocycles. The first kappa shape index (κ1) is 31.1. The van der Waals surface area contributed by atoms with Crippen molar-refractivity contribution in [2.45, 2.75) is 19.8 Å². The number of aliphatic hydroxyl groups excluding tert-OH is 2. The molecule has 0 atom stereocenters. The van der Waals surface area contributed by atoms with Crippen molar-refractivity contribution in [3.63, 3.8) is 0 Å². The van der Waals surface area contributed by atoms with Crippen molar-refractivity contribution in [3.8, 4) is 6.07 Å². The average molecular weight is 543 g/mol. The summed E-state index contributed by atoms with van der Waals surface area (Å²) in [6.45, 7) is 0.0311. The molecule has 0 bridgehead atoms. The number of rotatable bonds is 7. The van der Waals surface area contributed by atoms with Crippen molar-refractivity contribution in [1.29, 1.82) is 5.26 Å². The number of hydrogen-bond donors (Lipinski definition) is 3. The Morgan fingerprint density at radius 3 is 1.67 bits per heavy atom. The Balaban J connectivity index is 0.000000809. The van der Waals surface area contributed by atoms with Crippen LogP contribution in [0.5, 0.6) is 0 Å². The minimum absolute atomic E-state index is 0.271. The van der Waals surface area contributed by atoms with Gasteiger partial charge in [-0.05, 0) is 23.7 Å². The summed E-state index contributed by atoms with van der Waals surface area (Å²) in [4.78, 5) is 0. The molecule has 36 heavy (non-hydrogen) atoms. The van der Waals surface area contributed by atoms with Crippen molar-refractivity contribution in [3.05, 3.63) is 63.6 Å². The van der Waals surface area contributed by atoms with E-state index in [2.05, 4.69) is 11.4 Å². The summed E-state index contributed by atoms with van der Waals surface area (Å²) in [5, 5.41) is 33.1. The van der Waals surface area contributed by atoms with E-state index in [0.717, 1.165) is 11.3 Å². The molecule has 0 spiro atoms. The van der Waals surface area contributed by atoms with Gasteiger partial charge in [0.25, 0.3) is 0 Å². The van der Waals surface area contributed by atoms with Crippen molar-refractivity contribution in [1.82, 2.24) is 5.32 Å². The van der Waals surface area contributed by atoms with E-state index in [9.17, 15) is 40.7 Å². The summed E-state index contributed by atoms with van der Waals surface area (Å²) in [7, 11) is -1.98. The van der Waals surface area contributed by atoms with Crippen LogP contribution < -0.4 is 5.32 Å². The summed E-state index contributed by atoms with van der Waals surface area (Å²) in [5.74, 6) is 0.938. The average Bonchev–Trinajstić information content (AvgIpc) is 2.77. The fourth-order valence-electron chi connectivity index (χ4n) is 3.36. The molecule has 1 aromatic carbocycles. The second kappa shape index (κ2) is 11.0. The molecule has 0 radical (unpaired) electrons. The van der Waals surface area contributed by atoms with Crippen molar-refractivity contribution in [2.75, 3.05) is 35.4 Å². The van der Waals surface area contributed by atoms with Gasteiger partial charge in [-0.1, -0.05) is 12.1 Å². The number of aliphatic hydroxyl groups is 2. The topological polar surface area (TPSA) is 97.8 Å². The SMILES string of the molecule is CNCc1cc(CO)c(C(C#N)=C2C(OC)=CC(=[N+](C)C)C=C2OC)c(CO)c1.F[P-](F)(F)(F)(F)F. The standard InChI is InChI=1S/C22H28N3O4.F6P/c1-24-11-14-6-15(12-26)21(16(7-14)13-27)18(10-23)22-19(28-4)8-17(25(2)3)9-20(22)29-5;1-7(2,3,4,5)6/h6-9,24,26-27H,11-13H2,1-5H3;/q+1;-1. The summed E-state index contributed by atoms with van der Waals surface area (Å²) >= 11 is 0. The molecule has 202 valence electrons. The van der Waals surface area contributed by atoms with Crippen LogP contribution in [0.15, 0.2) is 41.4 Å². The number of nitrogens with zero attached hydrogens (tertiary/aromatic N) is 2. The maximum atomic E-state index is 10.1. The van der Waals surface area contributed by atoms with Crippen LogP contribution in [-0.2, 0) is 29.2 Å². The van der Waals surface area contributed by atoms with Gasteiger partial charge in [0.05, 0.1) is 50.7 Å². The fourth-order valence-corrected chi connectivity index (χ4v) is 3.36. The van der Waals surface area contributed by atoms with Gasteiger partial charge in [0.1, 0.15) is 31.7 Å². The van der Waals surface area contributed by atoms with E-state index < -0.39 is 7.81 Å². The van der Waals surface area contributed by atoms with Gasteiger partial charge in [0, 0.05) is 12.1 Å². The van der Waals surface area contributed by atoms with Crippen LogP contribution in [0.3, 0.4) is 0 Å². The zero-order chi connectivity index (χ0) is 28.0. The van der Waals surface area contributed by atoms with E-state index >= 15 is 0 Å². The Morgan fingerprint density at radius 1 is 0.972 bits per heavy atom. The van der Waals surface area contributed by atoms with E-state index in [0.29, 0.717) is 40.3 Å². The predicted octanol–water partition coefficient (Wildman–Crippen LogP) is 4.84.